The van der Waals surface area contributed by atoms with E-state index >= 15 is 0 Å². The molecule has 0 atom stereocenters. The molecule has 0 aliphatic rings. The van der Waals surface area contributed by atoms with Gasteiger partial charge in [0.05, 0.1) is 5.70 Å². The number of nitrogens with one attached hydrogen (secondary N) is 1. The Morgan fingerprint density at radius 2 is 1.41 bits per heavy atom. The quantitative estimate of drug-likeness (QED) is 0.597. The van der Waals surface area contributed by atoms with E-state index in [4.69, 9.17) is 0 Å². The fraction of sp³-hybridized carbons (Fsp3) is 0.667. The van der Waals surface area contributed by atoms with Crippen LogP contribution in [0.4, 0.5) is 0 Å². The Hall–Kier alpha value is -1.05. The molecule has 2 nitrogen and oxygen atoms in total. The van der Waals surface area contributed by atoms with E-state index in [2.05, 4.69) is 26.1 Å². The van der Waals surface area contributed by atoms with Crippen LogP contribution in [0.3, 0.4) is 0 Å². The molecule has 0 heterocycles. The molecule has 0 saturated carbocycles. The second kappa shape index (κ2) is 5.52. The molecule has 0 aromatic carbocycles. The molecule has 0 spiro atoms. The fourth-order valence-electron chi connectivity index (χ4n) is 1.23. The Bertz CT molecular complexity index is 331. The van der Waals surface area contributed by atoms with Gasteiger partial charge in [-0.3, -0.25) is 4.79 Å². The number of hydrogen-bond donors (Lipinski definition) is 1. The summed E-state index contributed by atoms with van der Waals surface area (Å²) in [6.07, 6.45) is 3.85. The maximum absolute atomic E-state index is 12.3. The van der Waals surface area contributed by atoms with Gasteiger partial charge < -0.3 is 5.32 Å². The number of hydrogen-bond acceptors (Lipinski definition) is 2. The van der Waals surface area contributed by atoms with E-state index in [1.807, 2.05) is 46.8 Å². The maximum Gasteiger partial charge on any atom is 0.183 e. The average molecular weight is 237 g/mol. The number of rotatable bonds is 3. The lowest BCUT2D eigenvalue weighted by Crippen LogP contribution is -2.40. The minimum absolute atomic E-state index is 0.109. The topological polar surface area (TPSA) is 29.1 Å². The second-order valence-corrected chi connectivity index (χ2v) is 6.78. The van der Waals surface area contributed by atoms with Crippen LogP contribution in [0.25, 0.3) is 0 Å². The van der Waals surface area contributed by atoms with Crippen LogP contribution in [0.1, 0.15) is 55.4 Å². The van der Waals surface area contributed by atoms with Crippen molar-refractivity contribution in [3.8, 4) is 0 Å². The van der Waals surface area contributed by atoms with E-state index in [1.165, 1.54) is 5.57 Å². The zero-order valence-corrected chi connectivity index (χ0v) is 12.6. The van der Waals surface area contributed by atoms with Crippen LogP contribution in [-0.4, -0.2) is 11.3 Å². The summed E-state index contributed by atoms with van der Waals surface area (Å²) < 4.78 is 0. The standard InChI is InChI=1S/C15H27NO/c1-11(2)9-10-12(16-15(6,7)8)13(17)14(3,4)5/h9-10,16H,1-8H3/b12-10+. The Labute approximate surface area is 106 Å². The van der Waals surface area contributed by atoms with Gasteiger partial charge in [-0.15, -0.1) is 0 Å². The first-order valence-electron chi connectivity index (χ1n) is 6.11. The van der Waals surface area contributed by atoms with E-state index in [0.29, 0.717) is 5.70 Å². The monoisotopic (exact) mass is 237 g/mol. The largest absolute Gasteiger partial charge is 0.378 e. The van der Waals surface area contributed by atoms with Gasteiger partial charge in [0.1, 0.15) is 0 Å². The molecular formula is C15H27NO. The molecule has 17 heavy (non-hydrogen) atoms. The van der Waals surface area contributed by atoms with E-state index in [1.54, 1.807) is 0 Å². The van der Waals surface area contributed by atoms with Gasteiger partial charge in [0, 0.05) is 11.0 Å². The van der Waals surface area contributed by atoms with Crippen LogP contribution in [0.5, 0.6) is 0 Å². The molecule has 0 aliphatic heterocycles. The Morgan fingerprint density at radius 1 is 0.941 bits per heavy atom. The van der Waals surface area contributed by atoms with Gasteiger partial charge >= 0.3 is 0 Å². The van der Waals surface area contributed by atoms with Crippen LogP contribution >= 0.6 is 0 Å². The lowest BCUT2D eigenvalue weighted by atomic mass is 9.88. The van der Waals surface area contributed by atoms with Gasteiger partial charge in [0.15, 0.2) is 5.78 Å². The molecule has 0 amide bonds. The van der Waals surface area contributed by atoms with E-state index in [9.17, 15) is 4.79 Å². The van der Waals surface area contributed by atoms with E-state index < -0.39 is 0 Å². The first-order chi connectivity index (χ1) is 7.43. The average Bonchev–Trinajstić information content (AvgIpc) is 2.07. The normalized spacial score (nSPS) is 13.3. The summed E-state index contributed by atoms with van der Waals surface area (Å²) in [5.41, 5.74) is 1.40. The predicted octanol–water partition coefficient (Wildman–Crippen LogP) is 3.84. The lowest BCUT2D eigenvalue weighted by Gasteiger charge is -2.27. The highest BCUT2D eigenvalue weighted by Crippen LogP contribution is 2.20. The first kappa shape index (κ1) is 16.0. The molecule has 0 saturated heterocycles. The molecule has 0 fully saturated rings. The van der Waals surface area contributed by atoms with Crippen molar-refractivity contribution >= 4 is 5.78 Å². The molecule has 0 aromatic heterocycles. The number of allylic oxidation sites excluding steroid dienone is 4. The van der Waals surface area contributed by atoms with Crippen LogP contribution in [0, 0.1) is 5.41 Å². The molecule has 0 radical (unpaired) electrons. The minimum atomic E-state index is -0.362. The smallest absolute Gasteiger partial charge is 0.183 e. The van der Waals surface area contributed by atoms with Crippen LogP contribution in [0.15, 0.2) is 23.4 Å². The third-order valence-corrected chi connectivity index (χ3v) is 2.02. The van der Waals surface area contributed by atoms with E-state index in [0.717, 1.165) is 0 Å². The van der Waals surface area contributed by atoms with Gasteiger partial charge in [0.25, 0.3) is 0 Å². The summed E-state index contributed by atoms with van der Waals surface area (Å²) in [6.45, 7) is 16.0. The molecule has 98 valence electrons. The third-order valence-electron chi connectivity index (χ3n) is 2.02. The SMILES string of the molecule is CC(C)=C/C=C(/NC(C)(C)C)C(=O)C(C)(C)C. The summed E-state index contributed by atoms with van der Waals surface area (Å²) in [5, 5.41) is 3.28. The molecular weight excluding hydrogens is 210 g/mol. The lowest BCUT2D eigenvalue weighted by molar-refractivity contribution is -0.123. The van der Waals surface area contributed by atoms with Crippen molar-refractivity contribution < 1.29 is 4.79 Å². The first-order valence-corrected chi connectivity index (χ1v) is 6.11. The van der Waals surface area contributed by atoms with Gasteiger partial charge in [-0.1, -0.05) is 32.4 Å². The maximum atomic E-state index is 12.3. The van der Waals surface area contributed by atoms with Gasteiger partial charge in [-0.25, -0.2) is 0 Å². The number of carbonyl (C=O) groups is 1. The molecule has 0 bridgehead atoms. The molecule has 0 unspecified atom stereocenters. The van der Waals surface area contributed by atoms with Gasteiger partial charge in [-0.05, 0) is 40.7 Å². The second-order valence-electron chi connectivity index (χ2n) is 6.78. The van der Waals surface area contributed by atoms with Crippen molar-refractivity contribution in [1.29, 1.82) is 0 Å². The summed E-state index contributed by atoms with van der Waals surface area (Å²) in [5.74, 6) is 0.143. The Morgan fingerprint density at radius 3 is 1.71 bits per heavy atom. The van der Waals surface area contributed by atoms with Crippen LogP contribution in [0.2, 0.25) is 0 Å². The molecule has 0 aromatic rings. The summed E-state index contributed by atoms with van der Waals surface area (Å²) in [7, 11) is 0. The van der Waals surface area contributed by atoms with Gasteiger partial charge in [-0.2, -0.15) is 0 Å². The van der Waals surface area contributed by atoms with Crippen molar-refractivity contribution in [1.82, 2.24) is 5.32 Å². The molecule has 2 heteroatoms. The predicted molar refractivity (Wildman–Crippen MR) is 74.9 cm³/mol. The summed E-state index contributed by atoms with van der Waals surface area (Å²) >= 11 is 0. The zero-order valence-electron chi connectivity index (χ0n) is 12.6. The third kappa shape index (κ3) is 6.98. The highest BCUT2D eigenvalue weighted by molar-refractivity contribution is 5.98. The highest BCUT2D eigenvalue weighted by atomic mass is 16.1. The molecule has 1 N–H and O–H groups in total. The highest BCUT2D eigenvalue weighted by Gasteiger charge is 2.26. The number of Topliss-reactive ketones (excluding diaryl/α,β-unsaturated/α-hetero) is 1. The fourth-order valence-corrected chi connectivity index (χ4v) is 1.23. The van der Waals surface area contributed by atoms with Crippen molar-refractivity contribution in [2.45, 2.75) is 60.9 Å². The Kier molecular flexibility index (Phi) is 5.18. The van der Waals surface area contributed by atoms with Crippen LogP contribution in [-0.2, 0) is 4.79 Å². The minimum Gasteiger partial charge on any atom is -0.378 e. The van der Waals surface area contributed by atoms with Crippen molar-refractivity contribution in [3.63, 3.8) is 0 Å². The summed E-state index contributed by atoms with van der Waals surface area (Å²) in [6, 6.07) is 0. The molecule has 0 aliphatic carbocycles. The van der Waals surface area contributed by atoms with E-state index in [-0.39, 0.29) is 16.7 Å². The van der Waals surface area contributed by atoms with Crippen molar-refractivity contribution in [2.75, 3.05) is 0 Å². The number of ketones is 1. The van der Waals surface area contributed by atoms with Crippen molar-refractivity contribution in [2.24, 2.45) is 5.41 Å². The van der Waals surface area contributed by atoms with Crippen molar-refractivity contribution in [3.05, 3.63) is 23.4 Å². The number of carbonyl (C=O) groups excluding carboxylic acids is 1. The summed E-state index contributed by atoms with van der Waals surface area (Å²) in [4.78, 5) is 12.3. The Balaban J connectivity index is 5.21. The zero-order chi connectivity index (χ0) is 13.9. The van der Waals surface area contributed by atoms with Crippen LogP contribution < -0.4 is 5.32 Å². The van der Waals surface area contributed by atoms with Gasteiger partial charge in [0.2, 0.25) is 0 Å². The molecule has 0 rings (SSSR count).